The van der Waals surface area contributed by atoms with Crippen molar-refractivity contribution in [3.8, 4) is 0 Å². The van der Waals surface area contributed by atoms with Gasteiger partial charge in [-0.05, 0) is 12.3 Å². The standard InChI is InChI=1S/C7H13F3/c1-5(2)4-6(3)7(8,9)10/h5-6H,4H2,1-3H3/i4D2. The predicted octanol–water partition coefficient (Wildman–Crippen LogP) is 3.23. The molecule has 0 fully saturated rings. The summed E-state index contributed by atoms with van der Waals surface area (Å²) in [6.45, 7) is 3.77. The average molecular weight is 156 g/mol. The van der Waals surface area contributed by atoms with E-state index in [0.717, 1.165) is 6.92 Å². The predicted molar refractivity (Wildman–Crippen MR) is 34.7 cm³/mol. The molecular formula is C7H13F3. The number of alkyl halides is 3. The van der Waals surface area contributed by atoms with Crippen LogP contribution in [0.15, 0.2) is 0 Å². The Bertz CT molecular complexity index is 151. The molecule has 0 aliphatic heterocycles. The first-order chi connectivity index (χ1) is 5.10. The fourth-order valence-corrected chi connectivity index (χ4v) is 0.594. The highest BCUT2D eigenvalue weighted by molar-refractivity contribution is 4.63. The average Bonchev–Trinajstić information content (AvgIpc) is 1.83. The molecule has 1 unspecified atom stereocenters. The quantitative estimate of drug-likeness (QED) is 0.575. The molecule has 0 rings (SSSR count). The van der Waals surface area contributed by atoms with E-state index in [1.54, 1.807) is 0 Å². The highest BCUT2D eigenvalue weighted by Crippen LogP contribution is 2.30. The van der Waals surface area contributed by atoms with E-state index in [4.69, 9.17) is 2.74 Å². The number of halogens is 3. The minimum absolute atomic E-state index is 0.630. The van der Waals surface area contributed by atoms with Crippen molar-refractivity contribution in [2.45, 2.75) is 33.3 Å². The lowest BCUT2D eigenvalue weighted by atomic mass is 9.99. The largest absolute Gasteiger partial charge is 0.391 e. The van der Waals surface area contributed by atoms with Gasteiger partial charge in [-0.25, -0.2) is 0 Å². The van der Waals surface area contributed by atoms with Gasteiger partial charge in [-0.1, -0.05) is 20.8 Å². The number of rotatable bonds is 2. The van der Waals surface area contributed by atoms with Crippen molar-refractivity contribution in [3.05, 3.63) is 0 Å². The highest BCUT2D eigenvalue weighted by atomic mass is 19.4. The minimum Gasteiger partial charge on any atom is -0.171 e. The Morgan fingerprint density at radius 2 is 1.70 bits per heavy atom. The van der Waals surface area contributed by atoms with Crippen LogP contribution < -0.4 is 0 Å². The van der Waals surface area contributed by atoms with Crippen molar-refractivity contribution in [1.29, 1.82) is 0 Å². The maximum absolute atomic E-state index is 12.1. The second-order valence-corrected chi connectivity index (χ2v) is 2.58. The monoisotopic (exact) mass is 156 g/mol. The molecule has 0 bridgehead atoms. The summed E-state index contributed by atoms with van der Waals surface area (Å²) in [5.74, 6) is -2.54. The molecule has 0 spiro atoms. The second kappa shape index (κ2) is 3.26. The summed E-state index contributed by atoms with van der Waals surface area (Å²) in [7, 11) is 0. The van der Waals surface area contributed by atoms with Crippen molar-refractivity contribution in [1.82, 2.24) is 0 Å². The van der Waals surface area contributed by atoms with Crippen LogP contribution in [-0.4, -0.2) is 6.18 Å². The zero-order valence-corrected chi connectivity index (χ0v) is 6.29. The van der Waals surface area contributed by atoms with Crippen molar-refractivity contribution in [3.63, 3.8) is 0 Å². The van der Waals surface area contributed by atoms with Crippen molar-refractivity contribution >= 4 is 0 Å². The van der Waals surface area contributed by atoms with E-state index >= 15 is 0 Å². The fraction of sp³-hybridized carbons (Fsp3) is 1.00. The lowest BCUT2D eigenvalue weighted by Gasteiger charge is -2.16. The molecule has 0 nitrogen and oxygen atoms in total. The summed E-state index contributed by atoms with van der Waals surface area (Å²) < 4.78 is 50.6. The Morgan fingerprint density at radius 1 is 1.30 bits per heavy atom. The lowest BCUT2D eigenvalue weighted by Crippen LogP contribution is -2.21. The maximum atomic E-state index is 12.1. The lowest BCUT2D eigenvalue weighted by molar-refractivity contribution is -0.173. The van der Waals surface area contributed by atoms with Crippen LogP contribution in [0.5, 0.6) is 0 Å². The SMILES string of the molecule is [2H]C([2H])(C(C)C)C(C)C(F)(F)F. The van der Waals surface area contributed by atoms with Crippen LogP contribution in [0.3, 0.4) is 0 Å². The molecule has 0 aliphatic rings. The first kappa shape index (κ1) is 6.50. The van der Waals surface area contributed by atoms with Gasteiger partial charge < -0.3 is 0 Å². The van der Waals surface area contributed by atoms with Gasteiger partial charge in [-0.3, -0.25) is 0 Å². The molecule has 0 heterocycles. The summed E-state index contributed by atoms with van der Waals surface area (Å²) >= 11 is 0. The van der Waals surface area contributed by atoms with Gasteiger partial charge in [0.1, 0.15) is 0 Å². The zero-order valence-electron chi connectivity index (χ0n) is 8.29. The Hall–Kier alpha value is -0.210. The van der Waals surface area contributed by atoms with Gasteiger partial charge in [0.05, 0.1) is 5.92 Å². The van der Waals surface area contributed by atoms with Gasteiger partial charge in [0.15, 0.2) is 0 Å². The zero-order chi connectivity index (χ0) is 10.2. The van der Waals surface area contributed by atoms with E-state index < -0.39 is 24.4 Å². The van der Waals surface area contributed by atoms with Crippen molar-refractivity contribution in [2.75, 3.05) is 0 Å². The maximum Gasteiger partial charge on any atom is 0.391 e. The van der Waals surface area contributed by atoms with Gasteiger partial charge in [-0.2, -0.15) is 13.2 Å². The molecule has 0 aromatic heterocycles. The molecule has 0 radical (unpaired) electrons. The summed E-state index contributed by atoms with van der Waals surface area (Å²) in [5.41, 5.74) is 0. The van der Waals surface area contributed by atoms with E-state index in [9.17, 15) is 13.2 Å². The molecule has 10 heavy (non-hydrogen) atoms. The molecular weight excluding hydrogens is 141 g/mol. The van der Waals surface area contributed by atoms with Gasteiger partial charge in [0, 0.05) is 2.74 Å². The Balaban J connectivity index is 4.57. The molecule has 3 heteroatoms. The van der Waals surface area contributed by atoms with Crippen LogP contribution in [0.1, 0.15) is 29.9 Å². The summed E-state index contributed by atoms with van der Waals surface area (Å²) in [4.78, 5) is 0. The van der Waals surface area contributed by atoms with Gasteiger partial charge in [-0.15, -0.1) is 0 Å². The van der Waals surface area contributed by atoms with Crippen LogP contribution in [0.2, 0.25) is 0 Å². The molecule has 1 atom stereocenters. The minimum atomic E-state index is -4.45. The molecule has 0 saturated carbocycles. The molecule has 0 aromatic rings. The second-order valence-electron chi connectivity index (χ2n) is 2.58. The molecule has 0 amide bonds. The molecule has 0 saturated heterocycles. The van der Waals surface area contributed by atoms with Crippen LogP contribution in [0.25, 0.3) is 0 Å². The van der Waals surface area contributed by atoms with Crippen molar-refractivity contribution in [2.24, 2.45) is 11.8 Å². The van der Waals surface area contributed by atoms with E-state index in [0.29, 0.717) is 0 Å². The summed E-state index contributed by atoms with van der Waals surface area (Å²) in [6.07, 6.45) is -6.63. The van der Waals surface area contributed by atoms with E-state index in [1.807, 2.05) is 0 Å². The normalized spacial score (nSPS) is 20.3. The topological polar surface area (TPSA) is 0 Å². The van der Waals surface area contributed by atoms with E-state index in [2.05, 4.69) is 0 Å². The first-order valence-electron chi connectivity index (χ1n) is 4.17. The van der Waals surface area contributed by atoms with Crippen LogP contribution in [-0.2, 0) is 0 Å². The van der Waals surface area contributed by atoms with Crippen LogP contribution in [0, 0.1) is 11.8 Å². The smallest absolute Gasteiger partial charge is 0.171 e. The van der Waals surface area contributed by atoms with Gasteiger partial charge in [0.2, 0.25) is 0 Å². The third kappa shape index (κ3) is 3.75. The van der Waals surface area contributed by atoms with Gasteiger partial charge >= 0.3 is 6.18 Å². The summed E-state index contributed by atoms with van der Waals surface area (Å²) in [6, 6.07) is 0. The van der Waals surface area contributed by atoms with Crippen LogP contribution in [0.4, 0.5) is 13.2 Å². The third-order valence-electron chi connectivity index (χ3n) is 1.07. The fourth-order valence-electron chi connectivity index (χ4n) is 0.594. The number of hydrogen-bond acceptors (Lipinski definition) is 0. The van der Waals surface area contributed by atoms with E-state index in [1.165, 1.54) is 13.8 Å². The number of hydrogen-bond donors (Lipinski definition) is 0. The third-order valence-corrected chi connectivity index (χ3v) is 1.07. The molecule has 0 aromatic carbocycles. The molecule has 0 N–H and O–H groups in total. The summed E-state index contributed by atoms with van der Waals surface area (Å²) in [5, 5.41) is 0. The molecule has 62 valence electrons. The Kier molecular flexibility index (Phi) is 2.12. The van der Waals surface area contributed by atoms with Gasteiger partial charge in [0.25, 0.3) is 0 Å². The Labute approximate surface area is 62.2 Å². The van der Waals surface area contributed by atoms with E-state index in [-0.39, 0.29) is 0 Å². The molecule has 0 aliphatic carbocycles. The highest BCUT2D eigenvalue weighted by Gasteiger charge is 2.35. The van der Waals surface area contributed by atoms with Crippen molar-refractivity contribution < 1.29 is 15.9 Å². The van der Waals surface area contributed by atoms with Crippen LogP contribution >= 0.6 is 0 Å². The first-order valence-corrected chi connectivity index (χ1v) is 3.17. The Morgan fingerprint density at radius 3 is 1.80 bits per heavy atom.